The highest BCUT2D eigenvalue weighted by molar-refractivity contribution is 7.16. The first-order chi connectivity index (χ1) is 12.5. The van der Waals surface area contributed by atoms with E-state index < -0.39 is 6.10 Å². The number of rotatable bonds is 6. The molecule has 1 heterocycles. The summed E-state index contributed by atoms with van der Waals surface area (Å²) in [6.07, 6.45) is -0.122. The number of aryl methyl sites for hydroxylation is 1. The Labute approximate surface area is 160 Å². The summed E-state index contributed by atoms with van der Waals surface area (Å²) in [5.41, 5.74) is 1.52. The van der Waals surface area contributed by atoms with Crippen LogP contribution in [0.25, 0.3) is 10.2 Å². The van der Waals surface area contributed by atoms with Crippen molar-refractivity contribution < 1.29 is 9.53 Å². The topological polar surface area (TPSA) is 60.3 Å². The number of amides is 1. The molecule has 5 nitrogen and oxygen atoms in total. The maximum atomic E-state index is 12.6. The average molecular weight is 391 g/mol. The van der Waals surface area contributed by atoms with E-state index >= 15 is 0 Å². The van der Waals surface area contributed by atoms with E-state index in [1.54, 1.807) is 34.9 Å². The number of ether oxygens (including phenoxy) is 1. The molecule has 1 amide bonds. The first-order valence-corrected chi connectivity index (χ1v) is 9.57. The molecule has 0 fully saturated rings. The molecule has 0 aliphatic heterocycles. The maximum absolute atomic E-state index is 12.6. The van der Waals surface area contributed by atoms with Crippen molar-refractivity contribution in [2.45, 2.75) is 32.9 Å². The second-order valence-electron chi connectivity index (χ2n) is 5.76. The Morgan fingerprint density at radius 1 is 1.27 bits per heavy atom. The van der Waals surface area contributed by atoms with Crippen LogP contribution in [0, 0.1) is 0 Å². The molecule has 136 valence electrons. The van der Waals surface area contributed by atoms with Gasteiger partial charge in [-0.05, 0) is 49.7 Å². The SMILES string of the molecule is CC[C@@H](Oc1cccc(Cl)c1)C(=O)Nc1ccc2c(c1)sc(=O)n2CC. The second kappa shape index (κ2) is 7.93. The highest BCUT2D eigenvalue weighted by Gasteiger charge is 2.19. The molecule has 0 bridgehead atoms. The number of carbonyl (C=O) groups is 1. The number of nitrogens with one attached hydrogen (secondary N) is 1. The number of hydrogen-bond acceptors (Lipinski definition) is 4. The first-order valence-electron chi connectivity index (χ1n) is 8.38. The lowest BCUT2D eigenvalue weighted by Gasteiger charge is -2.17. The molecule has 0 saturated carbocycles. The van der Waals surface area contributed by atoms with Crippen LogP contribution in [0.1, 0.15) is 20.3 Å². The summed E-state index contributed by atoms with van der Waals surface area (Å²) in [4.78, 5) is 24.5. The molecule has 1 atom stereocenters. The zero-order chi connectivity index (χ0) is 18.7. The van der Waals surface area contributed by atoms with Crippen LogP contribution in [0.5, 0.6) is 5.75 Å². The monoisotopic (exact) mass is 390 g/mol. The molecule has 0 saturated heterocycles. The van der Waals surface area contributed by atoms with Gasteiger partial charge in [0, 0.05) is 17.3 Å². The molecule has 0 aliphatic rings. The highest BCUT2D eigenvalue weighted by atomic mass is 35.5. The quantitative estimate of drug-likeness (QED) is 0.672. The molecule has 3 aromatic rings. The predicted octanol–water partition coefficient (Wildman–Crippen LogP) is 4.53. The highest BCUT2D eigenvalue weighted by Crippen LogP contribution is 2.23. The molecule has 0 unspecified atom stereocenters. The smallest absolute Gasteiger partial charge is 0.308 e. The lowest BCUT2D eigenvalue weighted by molar-refractivity contribution is -0.122. The Balaban J connectivity index is 1.77. The lowest BCUT2D eigenvalue weighted by Crippen LogP contribution is -2.32. The number of carbonyl (C=O) groups excluding carboxylic acids is 1. The van der Waals surface area contributed by atoms with Gasteiger partial charge in [-0.3, -0.25) is 14.2 Å². The van der Waals surface area contributed by atoms with Gasteiger partial charge in [0.15, 0.2) is 6.10 Å². The minimum atomic E-state index is -0.636. The molecular formula is C19H19ClN2O3S. The molecule has 0 radical (unpaired) electrons. The lowest BCUT2D eigenvalue weighted by atomic mass is 10.2. The van der Waals surface area contributed by atoms with Crippen LogP contribution in [0.15, 0.2) is 47.3 Å². The fourth-order valence-electron chi connectivity index (χ4n) is 2.69. The van der Waals surface area contributed by atoms with Gasteiger partial charge in [0.2, 0.25) is 0 Å². The molecule has 1 aromatic heterocycles. The van der Waals surface area contributed by atoms with Gasteiger partial charge in [-0.25, -0.2) is 0 Å². The van der Waals surface area contributed by atoms with Crippen LogP contribution in [0.3, 0.4) is 0 Å². The van der Waals surface area contributed by atoms with E-state index in [4.69, 9.17) is 16.3 Å². The Morgan fingerprint density at radius 2 is 2.08 bits per heavy atom. The van der Waals surface area contributed by atoms with E-state index in [-0.39, 0.29) is 10.8 Å². The maximum Gasteiger partial charge on any atom is 0.308 e. The Morgan fingerprint density at radius 3 is 2.77 bits per heavy atom. The zero-order valence-electron chi connectivity index (χ0n) is 14.5. The van der Waals surface area contributed by atoms with Gasteiger partial charge >= 0.3 is 4.87 Å². The Bertz CT molecular complexity index is 996. The van der Waals surface area contributed by atoms with Gasteiger partial charge < -0.3 is 10.1 Å². The summed E-state index contributed by atoms with van der Waals surface area (Å²) in [6, 6.07) is 12.4. The third kappa shape index (κ3) is 3.92. The summed E-state index contributed by atoms with van der Waals surface area (Å²) in [5.74, 6) is 0.308. The van der Waals surface area contributed by atoms with Crippen molar-refractivity contribution in [1.82, 2.24) is 4.57 Å². The van der Waals surface area contributed by atoms with E-state index in [0.717, 1.165) is 10.2 Å². The van der Waals surface area contributed by atoms with E-state index in [1.807, 2.05) is 26.0 Å². The van der Waals surface area contributed by atoms with Crippen molar-refractivity contribution in [1.29, 1.82) is 0 Å². The van der Waals surface area contributed by atoms with Gasteiger partial charge in [0.05, 0.1) is 10.2 Å². The number of fused-ring (bicyclic) bond motifs is 1. The van der Waals surface area contributed by atoms with Gasteiger partial charge in [-0.1, -0.05) is 35.9 Å². The van der Waals surface area contributed by atoms with Crippen molar-refractivity contribution in [3.05, 3.63) is 57.2 Å². The summed E-state index contributed by atoms with van der Waals surface area (Å²) in [6.45, 7) is 4.43. The molecule has 0 aliphatic carbocycles. The Hall–Kier alpha value is -2.31. The fourth-order valence-corrected chi connectivity index (χ4v) is 3.87. The summed E-state index contributed by atoms with van der Waals surface area (Å²) in [7, 11) is 0. The first kappa shape index (κ1) is 18.5. The van der Waals surface area contributed by atoms with Crippen molar-refractivity contribution in [2.75, 3.05) is 5.32 Å². The van der Waals surface area contributed by atoms with Crippen molar-refractivity contribution >= 4 is 44.7 Å². The number of benzene rings is 2. The van der Waals surface area contributed by atoms with E-state index in [9.17, 15) is 9.59 Å². The molecule has 1 N–H and O–H groups in total. The summed E-state index contributed by atoms with van der Waals surface area (Å²) >= 11 is 7.13. The number of aromatic nitrogens is 1. The normalized spacial score (nSPS) is 12.1. The molecule has 7 heteroatoms. The van der Waals surface area contributed by atoms with Crippen molar-refractivity contribution in [3.8, 4) is 5.75 Å². The number of nitrogens with zero attached hydrogens (tertiary/aromatic N) is 1. The molecule has 0 spiro atoms. The zero-order valence-corrected chi connectivity index (χ0v) is 16.1. The van der Waals surface area contributed by atoms with Crippen LogP contribution in [-0.2, 0) is 11.3 Å². The van der Waals surface area contributed by atoms with Crippen LogP contribution < -0.4 is 14.9 Å². The van der Waals surface area contributed by atoms with E-state index in [1.165, 1.54) is 11.3 Å². The van der Waals surface area contributed by atoms with Crippen LogP contribution in [0.4, 0.5) is 5.69 Å². The van der Waals surface area contributed by atoms with Crippen LogP contribution >= 0.6 is 22.9 Å². The van der Waals surface area contributed by atoms with Crippen molar-refractivity contribution in [3.63, 3.8) is 0 Å². The van der Waals surface area contributed by atoms with Crippen molar-refractivity contribution in [2.24, 2.45) is 0 Å². The largest absolute Gasteiger partial charge is 0.481 e. The fraction of sp³-hybridized carbons (Fsp3) is 0.263. The summed E-state index contributed by atoms with van der Waals surface area (Å²) in [5, 5.41) is 3.42. The standard InChI is InChI=1S/C19H19ClN2O3S/c1-3-16(25-14-7-5-6-12(20)10-14)18(23)21-13-8-9-15-17(11-13)26-19(24)22(15)4-2/h5-11,16H,3-4H2,1-2H3,(H,21,23)/t16-/m1/s1. The molecule has 26 heavy (non-hydrogen) atoms. The van der Waals surface area contributed by atoms with Gasteiger partial charge in [-0.15, -0.1) is 0 Å². The third-order valence-corrected chi connectivity index (χ3v) is 5.17. The number of halogens is 1. The number of thiazole rings is 1. The predicted molar refractivity (Wildman–Crippen MR) is 107 cm³/mol. The number of hydrogen-bond donors (Lipinski definition) is 1. The van der Waals surface area contributed by atoms with E-state index in [2.05, 4.69) is 5.32 Å². The minimum absolute atomic E-state index is 0.00157. The molecule has 3 rings (SSSR count). The second-order valence-corrected chi connectivity index (χ2v) is 7.19. The van der Waals surface area contributed by atoms with Gasteiger partial charge in [-0.2, -0.15) is 0 Å². The minimum Gasteiger partial charge on any atom is -0.481 e. The third-order valence-electron chi connectivity index (χ3n) is 3.99. The molecular weight excluding hydrogens is 372 g/mol. The average Bonchev–Trinajstić information content (AvgIpc) is 2.93. The summed E-state index contributed by atoms with van der Waals surface area (Å²) < 4.78 is 8.32. The van der Waals surface area contributed by atoms with Crippen LogP contribution in [0.2, 0.25) is 5.02 Å². The van der Waals surface area contributed by atoms with Gasteiger partial charge in [0.25, 0.3) is 5.91 Å². The Kier molecular flexibility index (Phi) is 5.64. The van der Waals surface area contributed by atoms with Crippen LogP contribution in [-0.4, -0.2) is 16.6 Å². The van der Waals surface area contributed by atoms with Gasteiger partial charge in [0.1, 0.15) is 5.75 Å². The van der Waals surface area contributed by atoms with E-state index in [0.29, 0.717) is 29.4 Å². The number of anilines is 1. The molecule has 2 aromatic carbocycles.